The zero-order valence-corrected chi connectivity index (χ0v) is 40.2. The van der Waals surface area contributed by atoms with Gasteiger partial charge in [-0.2, -0.15) is 0 Å². The van der Waals surface area contributed by atoms with Crippen LogP contribution >= 0.6 is 0 Å². The number of hydrogen-bond acceptors (Lipinski definition) is 13. The summed E-state index contributed by atoms with van der Waals surface area (Å²) in [5.74, 6) is -2.21. The normalized spacial score (nSPS) is 26.1. The molecule has 0 radical (unpaired) electrons. The van der Waals surface area contributed by atoms with Crippen molar-refractivity contribution in [2.75, 3.05) is 19.8 Å². The number of carbonyl (C=O) groups is 4. The maximum Gasteiger partial charge on any atom is 0.339 e. The summed E-state index contributed by atoms with van der Waals surface area (Å²) in [5, 5.41) is 8.84. The summed E-state index contributed by atoms with van der Waals surface area (Å²) in [6.07, 6.45) is -8.90. The van der Waals surface area contributed by atoms with Gasteiger partial charge in [0.15, 0.2) is 25.4 Å². The molecule has 3 N–H and O–H groups in total. The molecule has 3 aliphatic heterocycles. The van der Waals surface area contributed by atoms with E-state index < -0.39 is 91.9 Å². The second-order valence-electron chi connectivity index (χ2n) is 17.8. The number of hydrogen-bond donors (Lipinski definition) is 3. The molecule has 0 unspecified atom stereocenters. The summed E-state index contributed by atoms with van der Waals surface area (Å²) < 4.78 is 59.1. The molecule has 374 valence electrons. The third-order valence-electron chi connectivity index (χ3n) is 12.4. The zero-order chi connectivity index (χ0) is 49.7. The minimum atomic E-state index is -1.27. The lowest BCUT2D eigenvalue weighted by molar-refractivity contribution is -0.366. The van der Waals surface area contributed by atoms with E-state index in [0.717, 1.165) is 22.3 Å². The fourth-order valence-corrected chi connectivity index (χ4v) is 9.10. The Morgan fingerprint density at radius 3 is 1.73 bits per heavy atom. The fourth-order valence-electron chi connectivity index (χ4n) is 9.10. The summed E-state index contributed by atoms with van der Waals surface area (Å²) in [4.78, 5) is 53.6. The van der Waals surface area contributed by atoms with Crippen LogP contribution in [0, 0.1) is 13.8 Å². The first-order chi connectivity index (χ1) is 34.5. The van der Waals surface area contributed by atoms with Crippen LogP contribution in [0.3, 0.4) is 0 Å². The number of rotatable bonds is 19. The lowest BCUT2D eigenvalue weighted by Crippen LogP contribution is -2.72. The van der Waals surface area contributed by atoms with E-state index in [1.165, 1.54) is 13.8 Å². The largest absolute Gasteiger partial charge is 0.452 e. The summed E-state index contributed by atoms with van der Waals surface area (Å²) in [6.45, 7) is 6.03. The number of amides is 3. The molecule has 0 aliphatic carbocycles. The molecular formula is C55H61N3O13. The van der Waals surface area contributed by atoms with E-state index in [2.05, 4.69) is 16.0 Å². The number of ether oxygens (including phenoxy) is 9. The molecule has 3 fully saturated rings. The molecule has 3 aliphatic rings. The van der Waals surface area contributed by atoms with E-state index in [0.29, 0.717) is 16.7 Å². The Hall–Kier alpha value is -6.34. The molecule has 5 aromatic carbocycles. The van der Waals surface area contributed by atoms with Gasteiger partial charge in [-0.05, 0) is 41.7 Å². The predicted octanol–water partition coefficient (Wildman–Crippen LogP) is 5.92. The molecule has 11 atom stereocenters. The fraction of sp³-hybridized carbons (Fsp3) is 0.382. The summed E-state index contributed by atoms with van der Waals surface area (Å²) in [6, 6.07) is 41.4. The Labute approximate surface area is 413 Å². The van der Waals surface area contributed by atoms with Crippen LogP contribution in [0.15, 0.2) is 140 Å². The minimum Gasteiger partial charge on any atom is -0.452 e. The maximum absolute atomic E-state index is 13.8. The van der Waals surface area contributed by atoms with Gasteiger partial charge in [-0.3, -0.25) is 14.4 Å². The predicted molar refractivity (Wildman–Crippen MR) is 258 cm³/mol. The first kappa shape index (κ1) is 51.0. The molecule has 3 heterocycles. The van der Waals surface area contributed by atoms with E-state index in [4.69, 9.17) is 42.6 Å². The van der Waals surface area contributed by atoms with E-state index >= 15 is 0 Å². The van der Waals surface area contributed by atoms with Crippen molar-refractivity contribution in [1.82, 2.24) is 16.0 Å². The minimum absolute atomic E-state index is 0.0455. The number of esters is 1. The van der Waals surface area contributed by atoms with Crippen molar-refractivity contribution in [1.29, 1.82) is 0 Å². The van der Waals surface area contributed by atoms with Gasteiger partial charge in [0, 0.05) is 19.4 Å². The number of aryl methyl sites for hydroxylation is 2. The molecule has 3 saturated heterocycles. The van der Waals surface area contributed by atoms with Crippen molar-refractivity contribution in [3.05, 3.63) is 178 Å². The highest BCUT2D eigenvalue weighted by atomic mass is 16.8. The van der Waals surface area contributed by atoms with Crippen LogP contribution in [0.2, 0.25) is 0 Å². The monoisotopic (exact) mass is 971 g/mol. The third kappa shape index (κ3) is 13.5. The van der Waals surface area contributed by atoms with Crippen LogP contribution < -0.4 is 16.0 Å². The molecule has 0 bridgehead atoms. The van der Waals surface area contributed by atoms with Gasteiger partial charge in [-0.15, -0.1) is 0 Å². The van der Waals surface area contributed by atoms with Gasteiger partial charge in [0.05, 0.1) is 38.6 Å². The Balaban J connectivity index is 1.13. The summed E-state index contributed by atoms with van der Waals surface area (Å²) in [5.41, 5.74) is 5.14. The molecule has 3 amide bonds. The van der Waals surface area contributed by atoms with Crippen molar-refractivity contribution in [2.24, 2.45) is 0 Å². The molecule has 8 rings (SSSR count). The first-order valence-corrected chi connectivity index (χ1v) is 23.8. The topological polar surface area (TPSA) is 187 Å². The van der Waals surface area contributed by atoms with Crippen molar-refractivity contribution in [3.63, 3.8) is 0 Å². The van der Waals surface area contributed by atoms with Gasteiger partial charge in [-0.25, -0.2) is 4.79 Å². The van der Waals surface area contributed by atoms with Crippen LogP contribution in [0.1, 0.15) is 63.9 Å². The van der Waals surface area contributed by atoms with Crippen LogP contribution in [0.5, 0.6) is 0 Å². The lowest BCUT2D eigenvalue weighted by Gasteiger charge is -2.52. The second-order valence-corrected chi connectivity index (χ2v) is 17.8. The highest BCUT2D eigenvalue weighted by Crippen LogP contribution is 2.38. The molecule has 0 saturated carbocycles. The van der Waals surface area contributed by atoms with Gasteiger partial charge in [0.25, 0.3) is 5.91 Å². The molecule has 0 spiro atoms. The number of fused-ring (bicyclic) bond motifs is 1. The van der Waals surface area contributed by atoms with Gasteiger partial charge in [-0.1, -0.05) is 140 Å². The maximum atomic E-state index is 13.8. The van der Waals surface area contributed by atoms with E-state index in [-0.39, 0.29) is 38.9 Å². The summed E-state index contributed by atoms with van der Waals surface area (Å²) in [7, 11) is 0. The SMILES string of the molecule is CC(=O)N[C@@H]1[C@@H](OCc2ccccc2)[C@H](O[C@@H]2O[C@@H]3CO[C@@H](c4ccccc4)O[C@H]3[C@H](OCc3ccccc3)[C@H]2NC(C)=O)[C@@H](COCc2ccccc2)O[C@H]1NC(=O)COC(=O)c1c(C)cccc1C. The van der Waals surface area contributed by atoms with Crippen LogP contribution in [-0.2, 0) is 76.8 Å². The lowest BCUT2D eigenvalue weighted by atomic mass is 9.93. The Kier molecular flexibility index (Phi) is 17.7. The van der Waals surface area contributed by atoms with Crippen LogP contribution in [-0.4, -0.2) is 105 Å². The highest BCUT2D eigenvalue weighted by molar-refractivity contribution is 5.94. The molecular weight excluding hydrogens is 911 g/mol. The standard InChI is InChI=1S/C55H61N3O13/c1-34-18-17-19-35(2)45(34)53(62)66-33-44(61)58-52-46(56-36(3)59)50(64-29-39-22-11-6-12-23-39)48(42(68-52)31-63-28-38-20-9-5-10-21-38)71-55-47(57-37(4)60)51(65-30-40-24-13-7-14-25-40)49-43(69-55)32-67-54(70-49)41-26-15-8-16-27-41/h5-27,42-43,46-52,54-55H,28-33H2,1-4H3,(H,56,59)(H,57,60)(H,58,61)/t42-,43-,46-,47-,48-,49-,50-,51-,52-,54-,55+/m1/s1. The Bertz CT molecular complexity index is 2500. The van der Waals surface area contributed by atoms with E-state index in [1.54, 1.807) is 26.0 Å². The van der Waals surface area contributed by atoms with E-state index in [9.17, 15) is 19.2 Å². The average molecular weight is 972 g/mol. The highest BCUT2D eigenvalue weighted by Gasteiger charge is 2.55. The molecule has 16 heteroatoms. The van der Waals surface area contributed by atoms with Gasteiger partial charge in [0.2, 0.25) is 11.8 Å². The van der Waals surface area contributed by atoms with Crippen molar-refractivity contribution < 1.29 is 61.8 Å². The van der Waals surface area contributed by atoms with Gasteiger partial charge < -0.3 is 58.6 Å². The van der Waals surface area contributed by atoms with Gasteiger partial charge in [0.1, 0.15) is 48.7 Å². The number of nitrogens with one attached hydrogen (secondary N) is 3. The van der Waals surface area contributed by atoms with Crippen LogP contribution in [0.4, 0.5) is 0 Å². The van der Waals surface area contributed by atoms with Gasteiger partial charge >= 0.3 is 5.97 Å². The third-order valence-corrected chi connectivity index (χ3v) is 12.4. The quantitative estimate of drug-likeness (QED) is 0.0829. The van der Waals surface area contributed by atoms with Crippen molar-refractivity contribution in [3.8, 4) is 0 Å². The smallest absolute Gasteiger partial charge is 0.339 e. The molecule has 5 aromatic rings. The zero-order valence-electron chi connectivity index (χ0n) is 40.2. The van der Waals surface area contributed by atoms with Crippen molar-refractivity contribution in [2.45, 2.75) is 115 Å². The molecule has 0 aromatic heterocycles. The molecule has 71 heavy (non-hydrogen) atoms. The number of carbonyl (C=O) groups excluding carboxylic acids is 4. The first-order valence-electron chi connectivity index (χ1n) is 23.8. The Morgan fingerprint density at radius 1 is 0.592 bits per heavy atom. The molecule has 16 nitrogen and oxygen atoms in total. The second kappa shape index (κ2) is 24.7. The van der Waals surface area contributed by atoms with E-state index in [1.807, 2.05) is 127 Å². The number of benzene rings is 5. The Morgan fingerprint density at radius 2 is 1.14 bits per heavy atom. The van der Waals surface area contributed by atoms with Crippen molar-refractivity contribution >= 4 is 23.7 Å². The van der Waals surface area contributed by atoms with Crippen LogP contribution in [0.25, 0.3) is 0 Å². The summed E-state index contributed by atoms with van der Waals surface area (Å²) >= 11 is 0. The average Bonchev–Trinajstić information content (AvgIpc) is 3.37.